The van der Waals surface area contributed by atoms with Crippen LogP contribution >= 0.6 is 11.6 Å². The topological polar surface area (TPSA) is 416 Å². The van der Waals surface area contributed by atoms with Crippen molar-refractivity contribution >= 4 is 151 Å². The average Bonchev–Trinajstić information content (AvgIpc) is 0.827. The van der Waals surface area contributed by atoms with Gasteiger partial charge in [0.05, 0.1) is 69.0 Å². The lowest BCUT2D eigenvalue weighted by Gasteiger charge is -2.26. The van der Waals surface area contributed by atoms with E-state index in [1.165, 1.54) is 18.3 Å². The number of carbonyl (C=O) groups excluding carboxylic acids is 5. The number of ether oxygens (including phenoxy) is 7. The number of aromatic nitrogens is 8. The number of rotatable bonds is 37. The molecule has 0 unspecified atom stereocenters. The van der Waals surface area contributed by atoms with Gasteiger partial charge in [-0.1, -0.05) is 74.3 Å². The Morgan fingerprint density at radius 3 is 1.32 bits per heavy atom. The molecule has 5 amide bonds. The molecule has 0 bridgehead atoms. The van der Waals surface area contributed by atoms with Gasteiger partial charge in [0.2, 0.25) is 47.4 Å². The zero-order valence-electron chi connectivity index (χ0n) is 70.7. The van der Waals surface area contributed by atoms with Crippen molar-refractivity contribution in [3.05, 3.63) is 297 Å². The fraction of sp³-hybridized carbons (Fsp3) is 0.152. The van der Waals surface area contributed by atoms with Crippen LogP contribution in [0.25, 0.3) is 0 Å². The van der Waals surface area contributed by atoms with Gasteiger partial charge in [-0.15, -0.1) is 0 Å². The predicted molar refractivity (Wildman–Crippen MR) is 493 cm³/mol. The number of likely N-dealkylation sites (N-methyl/N-ethyl adjacent to an activating group) is 1. The van der Waals surface area contributed by atoms with Crippen molar-refractivity contribution in [1.82, 2.24) is 49.7 Å². The number of nitrogens with one attached hydrogen (secondary N) is 11. The zero-order valence-corrected chi connectivity index (χ0v) is 71.5. The number of halogens is 4. The summed E-state index contributed by atoms with van der Waals surface area (Å²) >= 11 is 6.09. The van der Waals surface area contributed by atoms with Crippen molar-refractivity contribution in [2.75, 3.05) is 146 Å². The van der Waals surface area contributed by atoms with Crippen LogP contribution in [0.3, 0.4) is 0 Å². The lowest BCUT2D eigenvalue weighted by Crippen LogP contribution is -2.42. The third kappa shape index (κ3) is 31.0. The van der Waals surface area contributed by atoms with Gasteiger partial charge < -0.3 is 101 Å². The quantitative estimate of drug-likeness (QED) is 0.0127. The number of morpholine rings is 1. The Bertz CT molecular complexity index is 5940. The number of nitriles is 1. The molecule has 1 aliphatic heterocycles. The molecule has 11 N–H and O–H groups in total. The number of nitrogens with zero attached hydrogens (tertiary/aromatic N) is 11. The molecule has 13 rings (SSSR count). The first kappa shape index (κ1) is 95.7. The summed E-state index contributed by atoms with van der Waals surface area (Å²) in [4.78, 5) is 94.9. The van der Waals surface area contributed by atoms with Crippen LogP contribution in [0.2, 0.25) is 5.02 Å². The summed E-state index contributed by atoms with van der Waals surface area (Å²) in [5, 5.41) is 41.6. The van der Waals surface area contributed by atoms with Gasteiger partial charge in [0.25, 0.3) is 5.91 Å². The molecule has 4 aromatic heterocycles. The fourth-order valence-electron chi connectivity index (χ4n) is 11.2. The molecule has 1 fully saturated rings. The summed E-state index contributed by atoms with van der Waals surface area (Å²) in [6.07, 6.45) is 9.37. The van der Waals surface area contributed by atoms with E-state index in [0.717, 1.165) is 53.4 Å². The van der Waals surface area contributed by atoms with E-state index in [1.807, 2.05) is 54.6 Å². The third-order valence-electron chi connectivity index (χ3n) is 17.6. The number of anilines is 19. The number of carbonyl (C=O) groups is 5. The van der Waals surface area contributed by atoms with Crippen LogP contribution in [0.4, 0.5) is 123 Å². The largest absolute Gasteiger partial charge is 0.497 e. The number of hydrogen-bond donors (Lipinski definition) is 11. The van der Waals surface area contributed by atoms with Gasteiger partial charge in [-0.25, -0.2) is 33.1 Å². The van der Waals surface area contributed by atoms with Crippen molar-refractivity contribution in [2.24, 2.45) is 0 Å². The highest BCUT2D eigenvalue weighted by atomic mass is 35.5. The predicted octanol–water partition coefficient (Wildman–Crippen LogP) is 16.6. The van der Waals surface area contributed by atoms with E-state index in [0.29, 0.717) is 144 Å². The molecule has 34 nitrogen and oxygen atoms in total. The van der Waals surface area contributed by atoms with Gasteiger partial charge >= 0.3 is 0 Å². The van der Waals surface area contributed by atoms with E-state index < -0.39 is 23.4 Å². The SMILES string of the molecule is C=CC(=O)N(C)Cc1ccc(Nc2nc(Nc3cccc(OC)c3)ncc2F)cc1.C=CC(=O)Nc1cc(Nc2nc(Nc3ccc(OCCOC)cc3)ncc2F)ccc1Cl.C=CC(=O)Nc1cccc(Nc2nc(Nc3ccc(OCCOC)cc3)ncc2C#N)c1.C=CC(=O)Nc1cccc(Nc2nc(Nc3cccc(OCC(=O)N4CCOCC4)c3)ncc2F)c1. The second-order valence-electron chi connectivity index (χ2n) is 27.0. The van der Waals surface area contributed by atoms with E-state index in [4.69, 9.17) is 44.8 Å². The van der Waals surface area contributed by atoms with E-state index in [9.17, 15) is 42.4 Å². The summed E-state index contributed by atoms with van der Waals surface area (Å²) in [7, 11) is 6.50. The molecule has 668 valence electrons. The van der Waals surface area contributed by atoms with Crippen molar-refractivity contribution in [3.8, 4) is 29.1 Å². The van der Waals surface area contributed by atoms with Crippen LogP contribution in [-0.4, -0.2) is 167 Å². The number of benzene rings is 8. The Balaban J connectivity index is 0.000000181. The minimum absolute atomic E-state index is 0.0436. The molecule has 0 spiro atoms. The molecule has 0 atom stereocenters. The normalized spacial score (nSPS) is 11.0. The second kappa shape index (κ2) is 49.8. The van der Waals surface area contributed by atoms with Gasteiger partial charge in [-0.05, 0) is 169 Å². The van der Waals surface area contributed by atoms with Crippen LogP contribution in [0.15, 0.2) is 263 Å². The van der Waals surface area contributed by atoms with Crippen molar-refractivity contribution in [2.45, 2.75) is 6.54 Å². The first-order valence-corrected chi connectivity index (χ1v) is 39.9. The molecular weight excluding hydrogens is 1700 g/mol. The maximum absolute atomic E-state index is 14.4. The summed E-state index contributed by atoms with van der Waals surface area (Å²) in [5.74, 6) is 0.515. The molecule has 8 aromatic carbocycles. The minimum Gasteiger partial charge on any atom is -0.497 e. The molecule has 0 saturated carbocycles. The van der Waals surface area contributed by atoms with Gasteiger partial charge in [0, 0.05) is 110 Å². The van der Waals surface area contributed by atoms with Crippen molar-refractivity contribution in [1.29, 1.82) is 5.26 Å². The molecular formula is C92H90ClF3N22O12. The smallest absolute Gasteiger partial charge is 0.260 e. The number of methoxy groups -OCH3 is 3. The molecule has 130 heavy (non-hydrogen) atoms. The lowest BCUT2D eigenvalue weighted by atomic mass is 10.2. The third-order valence-corrected chi connectivity index (χ3v) is 18.0. The highest BCUT2D eigenvalue weighted by Crippen LogP contribution is 2.32. The van der Waals surface area contributed by atoms with Crippen LogP contribution < -0.4 is 77.4 Å². The molecule has 1 saturated heterocycles. The van der Waals surface area contributed by atoms with E-state index in [1.54, 1.807) is 172 Å². The Morgan fingerprint density at radius 1 is 0.454 bits per heavy atom. The van der Waals surface area contributed by atoms with Crippen LogP contribution in [0.5, 0.6) is 23.0 Å². The molecule has 1 aliphatic rings. The summed E-state index contributed by atoms with van der Waals surface area (Å²) in [5.41, 5.74) is 7.70. The van der Waals surface area contributed by atoms with Gasteiger partial charge in [0.1, 0.15) is 47.8 Å². The lowest BCUT2D eigenvalue weighted by molar-refractivity contribution is -0.137. The van der Waals surface area contributed by atoms with Gasteiger partial charge in [-0.3, -0.25) is 24.0 Å². The molecule has 0 aliphatic carbocycles. The van der Waals surface area contributed by atoms with E-state index >= 15 is 0 Å². The highest BCUT2D eigenvalue weighted by molar-refractivity contribution is 6.34. The number of amides is 5. The highest BCUT2D eigenvalue weighted by Gasteiger charge is 2.20. The van der Waals surface area contributed by atoms with E-state index in [-0.39, 0.29) is 71.1 Å². The number of hydrogen-bond acceptors (Lipinski definition) is 29. The molecule has 0 radical (unpaired) electrons. The Morgan fingerprint density at radius 2 is 0.846 bits per heavy atom. The van der Waals surface area contributed by atoms with Crippen molar-refractivity contribution < 1.29 is 70.3 Å². The molecule has 38 heteroatoms. The minimum atomic E-state index is -0.653. The molecule has 12 aromatic rings. The zero-order chi connectivity index (χ0) is 92.5. The average molecular weight is 1790 g/mol. The maximum Gasteiger partial charge on any atom is 0.260 e. The second-order valence-corrected chi connectivity index (χ2v) is 27.4. The Hall–Kier alpha value is -16.6. The Kier molecular flexibility index (Phi) is 36.7. The molecule has 5 heterocycles. The Labute approximate surface area is 751 Å². The van der Waals surface area contributed by atoms with Crippen molar-refractivity contribution in [3.63, 3.8) is 0 Å². The van der Waals surface area contributed by atoms with Crippen LogP contribution in [0.1, 0.15) is 11.1 Å². The van der Waals surface area contributed by atoms with Gasteiger partial charge in [0.15, 0.2) is 47.3 Å². The monoisotopic (exact) mass is 1790 g/mol. The first-order valence-electron chi connectivity index (χ1n) is 39.5. The summed E-state index contributed by atoms with van der Waals surface area (Å²) in [6.45, 7) is 18.2. The van der Waals surface area contributed by atoms with Gasteiger partial charge in [-0.2, -0.15) is 25.2 Å². The van der Waals surface area contributed by atoms with Crippen LogP contribution in [-0.2, 0) is 44.7 Å². The van der Waals surface area contributed by atoms with Crippen LogP contribution in [0, 0.1) is 28.8 Å². The standard InChI is InChI=1S/C25H25FN6O4.C23H22N6O3.C22H21ClFN5O3.C22H22FN5O2/c1-2-22(33)28-17-5-3-6-18(13-17)29-24-21(26)15-27-25(31-24)30-19-7-4-8-20(14-19)36-16-23(34)32-9-11-35-12-10-32;1-3-21(30)26-18-5-4-6-19(13-18)27-22-16(14-24)15-25-23(29-22)28-17-7-9-20(10-8-17)32-12-11-31-2;1-3-20(30)28-19-12-15(6-9-17(19)23)26-21-18(24)13-25-22(29-21)27-14-4-7-16(8-5-14)32-11-10-31-2;1-4-20(29)28(2)14-15-8-10-16(11-9-15)25-21-19(23)13-24-22(27-21)26-17-6-5-7-18(12-17)30-3/h2-8,13-15H,1,9-12,16H2,(H,28,33)(H2,27,29,30,31);3-10,13,15H,1,11-12H2,2H3,(H,26,30)(H2,25,27,28,29);3-9,12-13H,1,10-11H2,2H3,(H,28,30)(H2,25,26,27,29);4-13H,1,14H2,2-3H3,(H2,24,25,26,27). The van der Waals surface area contributed by atoms with E-state index in [2.05, 4.69) is 131 Å². The summed E-state index contributed by atoms with van der Waals surface area (Å²) in [6, 6.07) is 56.5. The first-order chi connectivity index (χ1) is 63.1. The maximum atomic E-state index is 14.4. The fourth-order valence-corrected chi connectivity index (χ4v) is 11.4. The summed E-state index contributed by atoms with van der Waals surface area (Å²) < 4.78 is 79.9.